The Morgan fingerprint density at radius 2 is 1.84 bits per heavy atom. The third-order valence-corrected chi connectivity index (χ3v) is 5.40. The number of aromatic nitrogens is 2. The smallest absolute Gasteiger partial charge is 0.325 e. The minimum absolute atomic E-state index is 0.128. The molecule has 0 unspecified atom stereocenters. The van der Waals surface area contributed by atoms with Gasteiger partial charge in [0.2, 0.25) is 5.91 Å². The van der Waals surface area contributed by atoms with Gasteiger partial charge in [-0.05, 0) is 30.7 Å². The van der Waals surface area contributed by atoms with Crippen LogP contribution in [0, 0.1) is 0 Å². The fraction of sp³-hybridized carbons (Fsp3) is 0.304. The summed E-state index contributed by atoms with van der Waals surface area (Å²) >= 11 is 0. The van der Waals surface area contributed by atoms with E-state index in [4.69, 9.17) is 0 Å². The minimum atomic E-state index is -1.20. The van der Waals surface area contributed by atoms with Crippen LogP contribution in [0.4, 0.5) is 10.5 Å². The van der Waals surface area contributed by atoms with Gasteiger partial charge in [-0.3, -0.25) is 14.5 Å². The highest BCUT2D eigenvalue weighted by Gasteiger charge is 2.49. The Morgan fingerprint density at radius 1 is 1.13 bits per heavy atom. The van der Waals surface area contributed by atoms with Gasteiger partial charge in [0.15, 0.2) is 0 Å². The van der Waals surface area contributed by atoms with E-state index in [-0.39, 0.29) is 12.0 Å². The number of carbonyl (C=O) groups excluding carboxylic acids is 3. The lowest BCUT2D eigenvalue weighted by atomic mass is 9.92. The van der Waals surface area contributed by atoms with E-state index in [0.717, 1.165) is 21.8 Å². The number of imidazole rings is 1. The largest absolute Gasteiger partial charge is 0.341 e. The summed E-state index contributed by atoms with van der Waals surface area (Å²) in [6.45, 7) is 7.46. The SMILES string of the molecule is CC(C)(C)c1nc2ccc(NC(=O)CN3C(=O)N[C@@](C)(c4ccccc4)C3=O)cc2[nH]1. The Morgan fingerprint density at radius 3 is 2.52 bits per heavy atom. The lowest BCUT2D eigenvalue weighted by molar-refractivity contribution is -0.133. The van der Waals surface area contributed by atoms with Gasteiger partial charge >= 0.3 is 6.03 Å². The number of fused-ring (bicyclic) bond motifs is 1. The molecular weight excluding hydrogens is 394 g/mol. The van der Waals surface area contributed by atoms with E-state index in [2.05, 4.69) is 41.4 Å². The highest BCUT2D eigenvalue weighted by molar-refractivity contribution is 6.10. The molecule has 0 spiro atoms. The van der Waals surface area contributed by atoms with Gasteiger partial charge < -0.3 is 15.6 Å². The second-order valence-electron chi connectivity index (χ2n) is 8.93. The average molecular weight is 419 g/mol. The number of carbonyl (C=O) groups is 3. The first-order chi connectivity index (χ1) is 14.6. The van der Waals surface area contributed by atoms with Crippen molar-refractivity contribution < 1.29 is 14.4 Å². The van der Waals surface area contributed by atoms with E-state index in [1.54, 1.807) is 43.3 Å². The fourth-order valence-electron chi connectivity index (χ4n) is 3.59. The summed E-state index contributed by atoms with van der Waals surface area (Å²) in [5.74, 6) is -0.0704. The van der Waals surface area contributed by atoms with Gasteiger partial charge in [0.25, 0.3) is 5.91 Å². The molecule has 1 aliphatic heterocycles. The topological polar surface area (TPSA) is 107 Å². The average Bonchev–Trinajstić information content (AvgIpc) is 3.24. The number of H-pyrrole nitrogens is 1. The van der Waals surface area contributed by atoms with Crippen molar-refractivity contribution in [3.8, 4) is 0 Å². The number of nitrogens with zero attached hydrogens (tertiary/aromatic N) is 2. The first-order valence-electron chi connectivity index (χ1n) is 10.1. The summed E-state index contributed by atoms with van der Waals surface area (Å²) in [7, 11) is 0. The van der Waals surface area contributed by atoms with E-state index in [9.17, 15) is 14.4 Å². The molecule has 1 fully saturated rings. The minimum Gasteiger partial charge on any atom is -0.341 e. The molecular formula is C23H25N5O3. The number of imide groups is 1. The number of urea groups is 1. The van der Waals surface area contributed by atoms with Crippen LogP contribution in [0.1, 0.15) is 39.1 Å². The number of anilines is 1. The van der Waals surface area contributed by atoms with Crippen LogP contribution in [-0.2, 0) is 20.5 Å². The van der Waals surface area contributed by atoms with Crippen molar-refractivity contribution in [2.45, 2.75) is 38.6 Å². The zero-order chi connectivity index (χ0) is 22.4. The quantitative estimate of drug-likeness (QED) is 0.564. The third kappa shape index (κ3) is 3.76. The van der Waals surface area contributed by atoms with Crippen LogP contribution < -0.4 is 10.6 Å². The molecule has 8 heteroatoms. The summed E-state index contributed by atoms with van der Waals surface area (Å²) in [5, 5.41) is 5.46. The van der Waals surface area contributed by atoms with Crippen molar-refractivity contribution in [3.05, 3.63) is 59.9 Å². The van der Waals surface area contributed by atoms with Gasteiger partial charge in [0, 0.05) is 11.1 Å². The molecule has 160 valence electrons. The zero-order valence-corrected chi connectivity index (χ0v) is 17.9. The second kappa shape index (κ2) is 7.23. The number of benzene rings is 2. The normalized spacial score (nSPS) is 19.0. The summed E-state index contributed by atoms with van der Waals surface area (Å²) < 4.78 is 0. The molecule has 4 rings (SSSR count). The molecule has 1 saturated heterocycles. The number of amides is 4. The summed E-state index contributed by atoms with van der Waals surface area (Å²) in [5.41, 5.74) is 1.49. The van der Waals surface area contributed by atoms with Gasteiger partial charge in [-0.15, -0.1) is 0 Å². The summed E-state index contributed by atoms with van der Waals surface area (Å²) in [6, 6.07) is 13.7. The van der Waals surface area contributed by atoms with E-state index >= 15 is 0 Å². The summed E-state index contributed by atoms with van der Waals surface area (Å²) in [6.07, 6.45) is 0. The number of nitrogens with one attached hydrogen (secondary N) is 3. The Labute approximate surface area is 180 Å². The Bertz CT molecular complexity index is 1180. The lowest BCUT2D eigenvalue weighted by Gasteiger charge is -2.22. The van der Waals surface area contributed by atoms with Crippen molar-refractivity contribution >= 4 is 34.6 Å². The van der Waals surface area contributed by atoms with Crippen LogP contribution >= 0.6 is 0 Å². The molecule has 31 heavy (non-hydrogen) atoms. The van der Waals surface area contributed by atoms with Gasteiger partial charge in [0.1, 0.15) is 17.9 Å². The number of aromatic amines is 1. The van der Waals surface area contributed by atoms with Crippen molar-refractivity contribution in [2.75, 3.05) is 11.9 Å². The Hall–Kier alpha value is -3.68. The van der Waals surface area contributed by atoms with Crippen LogP contribution in [0.25, 0.3) is 11.0 Å². The molecule has 0 radical (unpaired) electrons. The first-order valence-corrected chi connectivity index (χ1v) is 10.1. The molecule has 4 amide bonds. The maximum Gasteiger partial charge on any atom is 0.325 e. The van der Waals surface area contributed by atoms with E-state index in [1.165, 1.54) is 0 Å². The molecule has 0 bridgehead atoms. The fourth-order valence-corrected chi connectivity index (χ4v) is 3.59. The highest BCUT2D eigenvalue weighted by Crippen LogP contribution is 2.29. The second-order valence-corrected chi connectivity index (χ2v) is 8.93. The molecule has 3 aromatic rings. The molecule has 2 heterocycles. The molecule has 2 aromatic carbocycles. The maximum atomic E-state index is 12.9. The molecule has 1 atom stereocenters. The molecule has 8 nitrogen and oxygen atoms in total. The number of hydrogen-bond acceptors (Lipinski definition) is 4. The molecule has 0 aliphatic carbocycles. The molecule has 3 N–H and O–H groups in total. The Kier molecular flexibility index (Phi) is 4.80. The predicted molar refractivity (Wildman–Crippen MR) is 117 cm³/mol. The standard InChI is InChI=1S/C23H25N5O3/c1-22(2,3)19-25-16-11-10-15(12-17(16)26-19)24-18(29)13-28-20(30)23(4,27-21(28)31)14-8-6-5-7-9-14/h5-12H,13H2,1-4H3,(H,24,29)(H,25,26)(H,27,31)/t23-/m0/s1. The van der Waals surface area contributed by atoms with Gasteiger partial charge in [-0.25, -0.2) is 9.78 Å². The van der Waals surface area contributed by atoms with Crippen LogP contribution in [0.2, 0.25) is 0 Å². The van der Waals surface area contributed by atoms with E-state index in [1.807, 2.05) is 12.1 Å². The zero-order valence-electron chi connectivity index (χ0n) is 17.9. The van der Waals surface area contributed by atoms with Gasteiger partial charge in [-0.2, -0.15) is 0 Å². The first kappa shape index (κ1) is 20.6. The number of hydrogen-bond donors (Lipinski definition) is 3. The van der Waals surface area contributed by atoms with Gasteiger partial charge in [0.05, 0.1) is 11.0 Å². The monoisotopic (exact) mass is 419 g/mol. The van der Waals surface area contributed by atoms with E-state index < -0.39 is 23.4 Å². The third-order valence-electron chi connectivity index (χ3n) is 5.40. The Balaban J connectivity index is 1.48. The maximum absolute atomic E-state index is 12.9. The van der Waals surface area contributed by atoms with Crippen molar-refractivity contribution in [3.63, 3.8) is 0 Å². The highest BCUT2D eigenvalue weighted by atomic mass is 16.2. The van der Waals surface area contributed by atoms with Crippen molar-refractivity contribution in [1.82, 2.24) is 20.2 Å². The molecule has 1 aliphatic rings. The van der Waals surface area contributed by atoms with E-state index in [0.29, 0.717) is 11.3 Å². The number of rotatable bonds is 4. The van der Waals surface area contributed by atoms with Crippen molar-refractivity contribution in [2.24, 2.45) is 0 Å². The lowest BCUT2D eigenvalue weighted by Crippen LogP contribution is -2.42. The summed E-state index contributed by atoms with van der Waals surface area (Å²) in [4.78, 5) is 46.8. The van der Waals surface area contributed by atoms with Gasteiger partial charge in [-0.1, -0.05) is 51.1 Å². The van der Waals surface area contributed by atoms with Crippen LogP contribution in [0.3, 0.4) is 0 Å². The molecule has 1 aromatic heterocycles. The van der Waals surface area contributed by atoms with Crippen LogP contribution in [-0.4, -0.2) is 39.3 Å². The molecule has 0 saturated carbocycles. The predicted octanol–water partition coefficient (Wildman–Crippen LogP) is 3.27. The van der Waals surface area contributed by atoms with Crippen molar-refractivity contribution in [1.29, 1.82) is 0 Å². The van der Waals surface area contributed by atoms with Crippen LogP contribution in [0.15, 0.2) is 48.5 Å². The van der Waals surface area contributed by atoms with Crippen LogP contribution in [0.5, 0.6) is 0 Å².